The number of rotatable bonds is 6. The van der Waals surface area contributed by atoms with Crippen molar-refractivity contribution in [1.29, 1.82) is 0 Å². The van der Waals surface area contributed by atoms with Crippen molar-refractivity contribution in [2.45, 2.75) is 38.5 Å². The van der Waals surface area contributed by atoms with Crippen LogP contribution in [0.2, 0.25) is 0 Å². The number of hydrogen-bond donors (Lipinski definition) is 0. The summed E-state index contributed by atoms with van der Waals surface area (Å²) in [5, 5.41) is 11.8. The van der Waals surface area contributed by atoms with Crippen LogP contribution in [0.4, 0.5) is 11.4 Å². The first-order valence-corrected chi connectivity index (χ1v) is 11.9. The maximum Gasteiger partial charge on any atom is 0.293 e. The van der Waals surface area contributed by atoms with E-state index >= 15 is 0 Å². The van der Waals surface area contributed by atoms with E-state index in [1.54, 1.807) is 6.07 Å². The summed E-state index contributed by atoms with van der Waals surface area (Å²) < 4.78 is 27.8. The first-order chi connectivity index (χ1) is 13.7. The minimum atomic E-state index is -3.75. The van der Waals surface area contributed by atoms with E-state index in [0.717, 1.165) is 32.5 Å². The van der Waals surface area contributed by atoms with Crippen molar-refractivity contribution in [3.05, 3.63) is 28.3 Å². The van der Waals surface area contributed by atoms with E-state index in [1.165, 1.54) is 16.4 Å². The molecule has 8 nitrogen and oxygen atoms in total. The fourth-order valence-electron chi connectivity index (χ4n) is 4.56. The molecule has 0 bridgehead atoms. The van der Waals surface area contributed by atoms with Gasteiger partial charge in [-0.3, -0.25) is 15.0 Å². The van der Waals surface area contributed by atoms with Crippen molar-refractivity contribution in [1.82, 2.24) is 9.21 Å². The topological polar surface area (TPSA) is 87.0 Å². The van der Waals surface area contributed by atoms with Crippen molar-refractivity contribution in [3.8, 4) is 0 Å². The Labute approximate surface area is 173 Å². The summed E-state index contributed by atoms with van der Waals surface area (Å²) in [5.74, 6) is 0.560. The molecule has 162 valence electrons. The van der Waals surface area contributed by atoms with Gasteiger partial charge in [0, 0.05) is 45.3 Å². The summed E-state index contributed by atoms with van der Waals surface area (Å²) in [7, 11) is -3.75. The van der Waals surface area contributed by atoms with E-state index < -0.39 is 14.9 Å². The van der Waals surface area contributed by atoms with Gasteiger partial charge in [-0.15, -0.1) is 0 Å². The number of nitrogens with zero attached hydrogens (tertiary/aromatic N) is 4. The normalized spacial score (nSPS) is 24.6. The highest BCUT2D eigenvalue weighted by Gasteiger charge is 2.33. The Morgan fingerprint density at radius 1 is 1.10 bits per heavy atom. The van der Waals surface area contributed by atoms with Crippen molar-refractivity contribution < 1.29 is 13.3 Å². The van der Waals surface area contributed by atoms with Crippen LogP contribution in [0.25, 0.3) is 0 Å². The van der Waals surface area contributed by atoms with Gasteiger partial charge in [0.25, 0.3) is 5.69 Å². The first kappa shape index (κ1) is 22.0. The molecule has 0 radical (unpaired) electrons. The van der Waals surface area contributed by atoms with Crippen molar-refractivity contribution in [2.24, 2.45) is 11.8 Å². The number of piperidine rings is 1. The standard InChI is InChI=1S/C20H32N4O4S/c1-4-7-21-8-10-22(11-9-21)19-6-5-18(13-20(19)24(25)26)29(27,28)23-14-16(2)12-17(3)15-23/h5-6,13,16-17H,4,7-12,14-15H2,1-3H3/t16-,17+. The SMILES string of the molecule is CCCN1CCN(c2ccc(S(=O)(=O)N3C[C@H](C)C[C@H](C)C3)cc2[N+](=O)[O-])CC1. The lowest BCUT2D eigenvalue weighted by Crippen LogP contribution is -2.46. The molecule has 0 unspecified atom stereocenters. The maximum atomic E-state index is 13.1. The Hall–Kier alpha value is -1.71. The molecule has 0 aliphatic carbocycles. The zero-order valence-electron chi connectivity index (χ0n) is 17.6. The molecule has 2 saturated heterocycles. The molecule has 0 amide bonds. The molecule has 0 saturated carbocycles. The lowest BCUT2D eigenvalue weighted by atomic mass is 9.94. The second-order valence-corrected chi connectivity index (χ2v) is 10.4. The van der Waals surface area contributed by atoms with Gasteiger partial charge in [-0.05, 0) is 43.4 Å². The highest BCUT2D eigenvalue weighted by Crippen LogP contribution is 2.34. The average molecular weight is 425 g/mol. The highest BCUT2D eigenvalue weighted by molar-refractivity contribution is 7.89. The third-order valence-corrected chi connectivity index (χ3v) is 7.70. The van der Waals surface area contributed by atoms with Crippen LogP contribution in [0, 0.1) is 22.0 Å². The summed E-state index contributed by atoms with van der Waals surface area (Å²) in [4.78, 5) is 15.6. The van der Waals surface area contributed by atoms with Gasteiger partial charge in [-0.2, -0.15) is 4.31 Å². The predicted molar refractivity (Wildman–Crippen MR) is 114 cm³/mol. The predicted octanol–water partition coefficient (Wildman–Crippen LogP) is 2.79. The van der Waals surface area contributed by atoms with Crippen molar-refractivity contribution in [3.63, 3.8) is 0 Å². The molecule has 0 aromatic heterocycles. The molecule has 3 rings (SSSR count). The molecule has 2 fully saturated rings. The molecule has 2 aliphatic rings. The maximum absolute atomic E-state index is 13.1. The molecule has 2 heterocycles. The first-order valence-electron chi connectivity index (χ1n) is 10.5. The smallest absolute Gasteiger partial charge is 0.293 e. The number of nitro groups is 1. The van der Waals surface area contributed by atoms with Crippen LogP contribution in [0.1, 0.15) is 33.6 Å². The zero-order valence-corrected chi connectivity index (χ0v) is 18.4. The van der Waals surface area contributed by atoms with E-state index in [4.69, 9.17) is 0 Å². The van der Waals surface area contributed by atoms with Gasteiger partial charge < -0.3 is 4.90 Å². The Morgan fingerprint density at radius 3 is 2.28 bits per heavy atom. The second-order valence-electron chi connectivity index (χ2n) is 8.50. The number of benzene rings is 1. The fraction of sp³-hybridized carbons (Fsp3) is 0.700. The van der Waals surface area contributed by atoms with Gasteiger partial charge in [-0.25, -0.2) is 8.42 Å². The lowest BCUT2D eigenvalue weighted by molar-refractivity contribution is -0.384. The Morgan fingerprint density at radius 2 is 1.72 bits per heavy atom. The number of hydrogen-bond acceptors (Lipinski definition) is 6. The molecular formula is C20H32N4O4S. The van der Waals surface area contributed by atoms with Gasteiger partial charge >= 0.3 is 0 Å². The van der Waals surface area contributed by atoms with Gasteiger partial charge in [0.15, 0.2) is 0 Å². The Bertz CT molecular complexity index is 827. The van der Waals surface area contributed by atoms with Crippen LogP contribution in [0.5, 0.6) is 0 Å². The minimum absolute atomic E-state index is 0.0128. The quantitative estimate of drug-likeness (QED) is 0.515. The zero-order chi connectivity index (χ0) is 21.2. The molecule has 0 N–H and O–H groups in total. The van der Waals surface area contributed by atoms with Crippen LogP contribution in [0.3, 0.4) is 0 Å². The molecule has 9 heteroatoms. The van der Waals surface area contributed by atoms with Crippen molar-refractivity contribution >= 4 is 21.4 Å². The highest BCUT2D eigenvalue weighted by atomic mass is 32.2. The second kappa shape index (κ2) is 8.97. The third-order valence-electron chi connectivity index (χ3n) is 5.87. The van der Waals surface area contributed by atoms with Gasteiger partial charge in [0.05, 0.1) is 9.82 Å². The van der Waals surface area contributed by atoms with E-state index in [0.29, 0.717) is 31.9 Å². The number of sulfonamides is 1. The van der Waals surface area contributed by atoms with Crippen molar-refractivity contribution in [2.75, 3.05) is 50.7 Å². The Kier molecular flexibility index (Phi) is 6.80. The average Bonchev–Trinajstić information content (AvgIpc) is 2.67. The van der Waals surface area contributed by atoms with E-state index in [-0.39, 0.29) is 22.4 Å². The number of nitro benzene ring substituents is 1. The molecule has 29 heavy (non-hydrogen) atoms. The fourth-order valence-corrected chi connectivity index (χ4v) is 6.26. The molecule has 0 spiro atoms. The van der Waals surface area contributed by atoms with Gasteiger partial charge in [0.1, 0.15) is 5.69 Å². The number of piperazine rings is 1. The lowest BCUT2D eigenvalue weighted by Gasteiger charge is -2.36. The number of anilines is 1. The van der Waals surface area contributed by atoms with Gasteiger partial charge in [-0.1, -0.05) is 20.8 Å². The third kappa shape index (κ3) is 4.90. The van der Waals surface area contributed by atoms with Crippen LogP contribution >= 0.6 is 0 Å². The van der Waals surface area contributed by atoms with E-state index in [2.05, 4.69) is 11.8 Å². The van der Waals surface area contributed by atoms with Gasteiger partial charge in [0.2, 0.25) is 10.0 Å². The summed E-state index contributed by atoms with van der Waals surface area (Å²) in [6.45, 7) is 11.3. The Balaban J connectivity index is 1.85. The molecule has 1 aromatic rings. The minimum Gasteiger partial charge on any atom is -0.363 e. The van der Waals surface area contributed by atoms with E-state index in [1.807, 2.05) is 18.7 Å². The van der Waals surface area contributed by atoms with Crippen LogP contribution in [0.15, 0.2) is 23.1 Å². The van der Waals surface area contributed by atoms with Crippen LogP contribution in [-0.2, 0) is 10.0 Å². The summed E-state index contributed by atoms with van der Waals surface area (Å²) >= 11 is 0. The molecule has 1 aromatic carbocycles. The molecule has 2 atom stereocenters. The monoisotopic (exact) mass is 424 g/mol. The molecular weight excluding hydrogens is 392 g/mol. The summed E-state index contributed by atoms with van der Waals surface area (Å²) in [6, 6.07) is 4.38. The largest absolute Gasteiger partial charge is 0.363 e. The molecule has 2 aliphatic heterocycles. The summed E-state index contributed by atoms with van der Waals surface area (Å²) in [5.41, 5.74) is 0.374. The van der Waals surface area contributed by atoms with Crippen LogP contribution in [-0.4, -0.2) is 68.4 Å². The van der Waals surface area contributed by atoms with Crippen LogP contribution < -0.4 is 4.90 Å². The van der Waals surface area contributed by atoms with E-state index in [9.17, 15) is 18.5 Å². The summed E-state index contributed by atoms with van der Waals surface area (Å²) in [6.07, 6.45) is 2.08.